The molecule has 1 atom stereocenters. The van der Waals surface area contributed by atoms with Crippen molar-refractivity contribution in [1.82, 2.24) is 19.6 Å². The summed E-state index contributed by atoms with van der Waals surface area (Å²) in [4.78, 5) is 39.8. The molecule has 31 heavy (non-hydrogen) atoms. The zero-order valence-corrected chi connectivity index (χ0v) is 19.0. The molecule has 1 aromatic heterocycles. The number of piperidine rings is 1. The van der Waals surface area contributed by atoms with E-state index in [-0.39, 0.29) is 24.7 Å². The summed E-state index contributed by atoms with van der Waals surface area (Å²) >= 11 is 12.0. The first-order chi connectivity index (χ1) is 14.6. The van der Waals surface area contributed by atoms with Crippen LogP contribution in [0.1, 0.15) is 24.1 Å². The number of sulfonamides is 1. The van der Waals surface area contributed by atoms with Crippen molar-refractivity contribution in [3.05, 3.63) is 60.3 Å². The number of carbonyl (C=O) groups is 1. The Labute approximate surface area is 188 Å². The number of halogens is 2. The highest BCUT2D eigenvalue weighted by Gasteiger charge is 2.35. The van der Waals surface area contributed by atoms with E-state index in [9.17, 15) is 22.8 Å². The van der Waals surface area contributed by atoms with Crippen molar-refractivity contribution in [2.24, 2.45) is 5.92 Å². The molecule has 1 aliphatic rings. The summed E-state index contributed by atoms with van der Waals surface area (Å²) in [6.45, 7) is 1.82. The Morgan fingerprint density at radius 3 is 2.68 bits per heavy atom. The van der Waals surface area contributed by atoms with E-state index in [1.807, 2.05) is 4.98 Å². The number of aryl methyl sites for hydroxylation is 1. The normalized spacial score (nSPS) is 17.5. The number of aromatic amines is 2. The predicted octanol–water partition coefficient (Wildman–Crippen LogP) is 1.44. The van der Waals surface area contributed by atoms with Gasteiger partial charge in [-0.25, -0.2) is 13.2 Å². The van der Waals surface area contributed by atoms with Crippen LogP contribution in [-0.2, 0) is 21.2 Å². The van der Waals surface area contributed by atoms with Crippen molar-refractivity contribution in [3.63, 3.8) is 0 Å². The molecule has 0 bridgehead atoms. The third kappa shape index (κ3) is 5.38. The number of nitrogens with zero attached hydrogens (tertiary/aromatic N) is 1. The molecule has 0 saturated carbocycles. The Morgan fingerprint density at radius 1 is 1.26 bits per heavy atom. The molecular weight excluding hydrogens is 467 g/mol. The summed E-state index contributed by atoms with van der Waals surface area (Å²) in [7, 11) is -4.17. The lowest BCUT2D eigenvalue weighted by Gasteiger charge is -2.31. The first-order valence-corrected chi connectivity index (χ1v) is 11.8. The van der Waals surface area contributed by atoms with Gasteiger partial charge in [-0.05, 0) is 43.9 Å². The second-order valence-corrected chi connectivity index (χ2v) is 10.1. The maximum absolute atomic E-state index is 13.0. The average molecular weight is 489 g/mol. The fourth-order valence-corrected chi connectivity index (χ4v) is 5.82. The molecule has 1 saturated heterocycles. The van der Waals surface area contributed by atoms with Gasteiger partial charge in [0.1, 0.15) is 0 Å². The highest BCUT2D eigenvalue weighted by atomic mass is 35.5. The van der Waals surface area contributed by atoms with Crippen molar-refractivity contribution >= 4 is 39.1 Å². The zero-order valence-electron chi connectivity index (χ0n) is 16.7. The van der Waals surface area contributed by atoms with Crippen LogP contribution in [0.3, 0.4) is 0 Å². The Bertz CT molecular complexity index is 1210. The van der Waals surface area contributed by atoms with Gasteiger partial charge in [0, 0.05) is 35.4 Å². The smallest absolute Gasteiger partial charge is 0.325 e. The van der Waals surface area contributed by atoms with Crippen LogP contribution in [0.4, 0.5) is 0 Å². The van der Waals surface area contributed by atoms with Crippen molar-refractivity contribution in [2.45, 2.75) is 31.1 Å². The second kappa shape index (κ2) is 9.56. The van der Waals surface area contributed by atoms with Gasteiger partial charge in [0.15, 0.2) is 4.90 Å². The monoisotopic (exact) mass is 488 g/mol. The third-order valence-electron chi connectivity index (χ3n) is 5.14. The number of amides is 1. The number of hydrogen-bond acceptors (Lipinski definition) is 5. The molecule has 1 fully saturated rings. The lowest BCUT2D eigenvalue weighted by atomic mass is 9.99. The number of aromatic nitrogens is 2. The van der Waals surface area contributed by atoms with Gasteiger partial charge in [-0.15, -0.1) is 0 Å². The van der Waals surface area contributed by atoms with Crippen LogP contribution in [0.15, 0.2) is 32.7 Å². The summed E-state index contributed by atoms with van der Waals surface area (Å²) in [6, 6.07) is 5.13. The zero-order chi connectivity index (χ0) is 22.8. The van der Waals surface area contributed by atoms with Gasteiger partial charge in [-0.1, -0.05) is 29.3 Å². The molecule has 0 radical (unpaired) electrons. The van der Waals surface area contributed by atoms with Gasteiger partial charge in [0.25, 0.3) is 5.56 Å². The second-order valence-electron chi connectivity index (χ2n) is 7.34. The van der Waals surface area contributed by atoms with Crippen LogP contribution < -0.4 is 16.6 Å². The lowest BCUT2D eigenvalue weighted by Crippen LogP contribution is -2.47. The maximum atomic E-state index is 13.0. The highest BCUT2D eigenvalue weighted by Crippen LogP contribution is 2.24. The highest BCUT2D eigenvalue weighted by molar-refractivity contribution is 7.89. The summed E-state index contributed by atoms with van der Waals surface area (Å²) in [5, 5.41) is 3.86. The van der Waals surface area contributed by atoms with Crippen LogP contribution in [0.25, 0.3) is 0 Å². The Kier molecular flexibility index (Phi) is 7.25. The van der Waals surface area contributed by atoms with E-state index in [1.54, 1.807) is 18.2 Å². The number of rotatable bonds is 6. The Hall–Kier alpha value is -2.14. The van der Waals surface area contributed by atoms with E-state index >= 15 is 0 Å². The minimum Gasteiger partial charge on any atom is -0.355 e. The first kappa shape index (κ1) is 23.5. The molecular formula is C19H22Cl2N4O5S. The van der Waals surface area contributed by atoms with Crippen molar-refractivity contribution in [1.29, 1.82) is 0 Å². The lowest BCUT2D eigenvalue weighted by molar-refractivity contribution is -0.126. The molecule has 12 heteroatoms. The van der Waals surface area contributed by atoms with E-state index in [0.717, 1.165) is 9.87 Å². The standard InChI is InChI=1S/C19H22Cl2N4O5S/c1-11-16(18(27)24-19(28)23-11)31(29,30)25-8-2-3-13(10-25)17(26)22-7-6-12-4-5-14(20)9-15(12)21/h4-5,9,13H,2-3,6-8,10H2,1H3,(H,22,26)(H2,23,24,27,28). The molecule has 9 nitrogen and oxygen atoms in total. The van der Waals surface area contributed by atoms with Gasteiger partial charge in [0.2, 0.25) is 15.9 Å². The van der Waals surface area contributed by atoms with Crippen LogP contribution in [0.5, 0.6) is 0 Å². The average Bonchev–Trinajstić information content (AvgIpc) is 2.68. The van der Waals surface area contributed by atoms with Crippen LogP contribution in [0, 0.1) is 12.8 Å². The van der Waals surface area contributed by atoms with Gasteiger partial charge >= 0.3 is 5.69 Å². The van der Waals surface area contributed by atoms with E-state index in [0.29, 0.717) is 35.9 Å². The Morgan fingerprint density at radius 2 is 2.00 bits per heavy atom. The number of benzene rings is 1. The van der Waals surface area contributed by atoms with Gasteiger partial charge in [-0.2, -0.15) is 4.31 Å². The number of H-pyrrole nitrogens is 2. The minimum atomic E-state index is -4.17. The van der Waals surface area contributed by atoms with Crippen molar-refractivity contribution in [3.8, 4) is 0 Å². The van der Waals surface area contributed by atoms with E-state index < -0.39 is 32.1 Å². The molecule has 3 rings (SSSR count). The van der Waals surface area contributed by atoms with Gasteiger partial charge in [0.05, 0.1) is 5.92 Å². The third-order valence-corrected chi connectivity index (χ3v) is 7.74. The van der Waals surface area contributed by atoms with Gasteiger partial charge in [-0.3, -0.25) is 14.6 Å². The summed E-state index contributed by atoms with van der Waals surface area (Å²) < 4.78 is 27.1. The molecule has 0 spiro atoms. The molecule has 1 amide bonds. The molecule has 1 aromatic carbocycles. The largest absolute Gasteiger partial charge is 0.355 e. The number of carbonyl (C=O) groups excluding carboxylic acids is 1. The van der Waals surface area contributed by atoms with E-state index in [1.165, 1.54) is 6.92 Å². The molecule has 0 aliphatic carbocycles. The Balaban J connectivity index is 1.66. The number of nitrogens with one attached hydrogen (secondary N) is 3. The van der Waals surface area contributed by atoms with E-state index in [2.05, 4.69) is 10.3 Å². The molecule has 3 N–H and O–H groups in total. The van der Waals surface area contributed by atoms with Crippen molar-refractivity contribution < 1.29 is 13.2 Å². The molecule has 2 heterocycles. The minimum absolute atomic E-state index is 0.0415. The topological polar surface area (TPSA) is 132 Å². The SMILES string of the molecule is Cc1[nH]c(=O)[nH]c(=O)c1S(=O)(=O)N1CCCC(C(=O)NCCc2ccc(Cl)cc2Cl)C1. The number of hydrogen-bond donors (Lipinski definition) is 3. The molecule has 2 aromatic rings. The molecule has 168 valence electrons. The quantitative estimate of drug-likeness (QED) is 0.565. The molecule has 1 aliphatic heterocycles. The fraction of sp³-hybridized carbons (Fsp3) is 0.421. The molecule has 1 unspecified atom stereocenters. The van der Waals surface area contributed by atoms with Gasteiger partial charge < -0.3 is 10.3 Å². The van der Waals surface area contributed by atoms with E-state index in [4.69, 9.17) is 23.2 Å². The summed E-state index contributed by atoms with van der Waals surface area (Å²) in [5.74, 6) is -0.816. The van der Waals surface area contributed by atoms with Crippen LogP contribution in [-0.4, -0.2) is 48.2 Å². The van der Waals surface area contributed by atoms with Crippen molar-refractivity contribution in [2.75, 3.05) is 19.6 Å². The maximum Gasteiger partial charge on any atom is 0.325 e. The fourth-order valence-electron chi connectivity index (χ4n) is 3.59. The van der Waals surface area contributed by atoms with Crippen LogP contribution >= 0.6 is 23.2 Å². The predicted molar refractivity (Wildman–Crippen MR) is 117 cm³/mol. The van der Waals surface area contributed by atoms with Crippen LogP contribution in [0.2, 0.25) is 10.0 Å². The summed E-state index contributed by atoms with van der Waals surface area (Å²) in [5.41, 5.74) is -0.960. The first-order valence-electron chi connectivity index (χ1n) is 9.64. The summed E-state index contributed by atoms with van der Waals surface area (Å²) in [6.07, 6.45) is 1.50.